The van der Waals surface area contributed by atoms with Gasteiger partial charge in [0.1, 0.15) is 11.4 Å². The smallest absolute Gasteiger partial charge is 0.276 e. The molecule has 7 heteroatoms. The molecule has 3 rings (SSSR count). The van der Waals surface area contributed by atoms with E-state index < -0.39 is 0 Å². The fourth-order valence-corrected chi connectivity index (χ4v) is 2.91. The van der Waals surface area contributed by atoms with Gasteiger partial charge in [-0.05, 0) is 37.3 Å². The topological polar surface area (TPSA) is 57.8 Å². The molecule has 23 heavy (non-hydrogen) atoms. The molecule has 0 radical (unpaired) electrons. The van der Waals surface area contributed by atoms with Gasteiger partial charge in [-0.15, -0.1) is 0 Å². The first-order valence-corrected chi connectivity index (χ1v) is 7.55. The third-order valence-corrected chi connectivity index (χ3v) is 4.05. The molecule has 2 aromatic heterocycles. The largest absolute Gasteiger partial charge is 0.508 e. The van der Waals surface area contributed by atoms with Gasteiger partial charge in [-0.3, -0.25) is 9.20 Å². The van der Waals surface area contributed by atoms with E-state index in [0.717, 1.165) is 0 Å². The van der Waals surface area contributed by atoms with E-state index in [4.69, 9.17) is 23.2 Å². The van der Waals surface area contributed by atoms with Crippen LogP contribution in [0.1, 0.15) is 16.2 Å². The molecule has 0 saturated heterocycles. The second-order valence-corrected chi connectivity index (χ2v) is 5.97. The summed E-state index contributed by atoms with van der Waals surface area (Å²) in [5, 5.41) is 10.2. The molecule has 0 aliphatic rings. The number of carbonyl (C=O) groups is 1. The summed E-state index contributed by atoms with van der Waals surface area (Å²) in [7, 11) is 1.65. The molecule has 0 saturated carbocycles. The Labute approximate surface area is 142 Å². The molecular weight excluding hydrogens is 337 g/mol. The number of aryl methyl sites for hydroxylation is 1. The van der Waals surface area contributed by atoms with Crippen LogP contribution in [-0.4, -0.2) is 27.4 Å². The van der Waals surface area contributed by atoms with Gasteiger partial charge in [-0.25, -0.2) is 4.98 Å². The van der Waals surface area contributed by atoms with Gasteiger partial charge in [-0.1, -0.05) is 23.2 Å². The Morgan fingerprint density at radius 3 is 2.57 bits per heavy atom. The Morgan fingerprint density at radius 2 is 1.91 bits per heavy atom. The molecule has 0 bridgehead atoms. The number of imidazole rings is 1. The van der Waals surface area contributed by atoms with E-state index in [1.165, 1.54) is 17.0 Å². The predicted octanol–water partition coefficient (Wildman–Crippen LogP) is 3.93. The molecule has 0 fully saturated rings. The van der Waals surface area contributed by atoms with Crippen molar-refractivity contribution in [3.63, 3.8) is 0 Å². The van der Waals surface area contributed by atoms with Crippen molar-refractivity contribution in [3.8, 4) is 5.75 Å². The highest BCUT2D eigenvalue weighted by Gasteiger charge is 2.22. The lowest BCUT2D eigenvalue weighted by molar-refractivity contribution is 0.0986. The number of hydrogen-bond donors (Lipinski definition) is 1. The second kappa shape index (κ2) is 5.76. The number of phenolic OH excluding ortho intramolecular Hbond substituents is 1. The number of aromatic hydroxyl groups is 1. The highest BCUT2D eigenvalue weighted by molar-refractivity contribution is 6.36. The molecule has 0 aliphatic heterocycles. The third kappa shape index (κ3) is 2.73. The van der Waals surface area contributed by atoms with Crippen LogP contribution in [0.5, 0.6) is 5.75 Å². The normalized spacial score (nSPS) is 11.0. The average molecular weight is 350 g/mol. The van der Waals surface area contributed by atoms with E-state index in [-0.39, 0.29) is 11.7 Å². The van der Waals surface area contributed by atoms with E-state index in [9.17, 15) is 9.90 Å². The fourth-order valence-electron chi connectivity index (χ4n) is 2.40. The summed E-state index contributed by atoms with van der Waals surface area (Å²) in [4.78, 5) is 18.7. The SMILES string of the molecule is Cc1nc2c(Cl)cc(Cl)cn2c1C(=O)N(C)c1ccc(O)cc1. The Bertz CT molecular complexity index is 904. The molecule has 1 aromatic carbocycles. The van der Waals surface area contributed by atoms with Gasteiger partial charge in [0.15, 0.2) is 5.65 Å². The number of carbonyl (C=O) groups excluding carboxylic acids is 1. The zero-order valence-corrected chi connectivity index (χ0v) is 13.9. The minimum absolute atomic E-state index is 0.138. The van der Waals surface area contributed by atoms with Crippen LogP contribution in [-0.2, 0) is 0 Å². The van der Waals surface area contributed by atoms with Crippen LogP contribution in [0.15, 0.2) is 36.5 Å². The van der Waals surface area contributed by atoms with Crippen LogP contribution < -0.4 is 4.90 Å². The number of fused-ring (bicyclic) bond motifs is 1. The minimum Gasteiger partial charge on any atom is -0.508 e. The molecule has 3 aromatic rings. The maximum Gasteiger partial charge on any atom is 0.276 e. The molecule has 118 valence electrons. The van der Waals surface area contributed by atoms with Crippen molar-refractivity contribution in [1.29, 1.82) is 0 Å². The quantitative estimate of drug-likeness (QED) is 0.762. The number of benzene rings is 1. The fraction of sp³-hybridized carbons (Fsp3) is 0.125. The van der Waals surface area contributed by atoms with Crippen molar-refractivity contribution < 1.29 is 9.90 Å². The van der Waals surface area contributed by atoms with Crippen LogP contribution in [0.4, 0.5) is 5.69 Å². The first-order chi connectivity index (χ1) is 10.9. The lowest BCUT2D eigenvalue weighted by Gasteiger charge is -2.17. The number of halogens is 2. The van der Waals surface area contributed by atoms with Gasteiger partial charge in [0.25, 0.3) is 5.91 Å². The van der Waals surface area contributed by atoms with E-state index in [1.54, 1.807) is 42.8 Å². The van der Waals surface area contributed by atoms with Gasteiger partial charge < -0.3 is 10.0 Å². The van der Waals surface area contributed by atoms with E-state index >= 15 is 0 Å². The van der Waals surface area contributed by atoms with Gasteiger partial charge >= 0.3 is 0 Å². The second-order valence-electron chi connectivity index (χ2n) is 5.13. The van der Waals surface area contributed by atoms with Gasteiger partial charge in [0, 0.05) is 18.9 Å². The average Bonchev–Trinajstić information content (AvgIpc) is 2.83. The molecule has 0 atom stereocenters. The summed E-state index contributed by atoms with van der Waals surface area (Å²) in [5.41, 5.74) is 2.08. The van der Waals surface area contributed by atoms with E-state index in [0.29, 0.717) is 32.8 Å². The summed E-state index contributed by atoms with van der Waals surface area (Å²) in [6, 6.07) is 7.95. The third-order valence-electron chi connectivity index (χ3n) is 3.56. The minimum atomic E-state index is -0.251. The van der Waals surface area contributed by atoms with Crippen molar-refractivity contribution in [3.05, 3.63) is 58.0 Å². The van der Waals surface area contributed by atoms with Crippen LogP contribution in [0.2, 0.25) is 10.0 Å². The van der Waals surface area contributed by atoms with Gasteiger partial charge in [0.05, 0.1) is 15.7 Å². The zero-order valence-electron chi connectivity index (χ0n) is 12.4. The molecular formula is C16H13Cl2N3O2. The summed E-state index contributed by atoms with van der Waals surface area (Å²) in [5.74, 6) is -0.113. The number of pyridine rings is 1. The van der Waals surface area contributed by atoms with Crippen LogP contribution in [0, 0.1) is 6.92 Å². The molecule has 5 nitrogen and oxygen atoms in total. The Kier molecular flexibility index (Phi) is 3.92. The molecule has 2 heterocycles. The van der Waals surface area contributed by atoms with E-state index in [1.807, 2.05) is 0 Å². The van der Waals surface area contributed by atoms with Crippen molar-refractivity contribution in [2.75, 3.05) is 11.9 Å². The van der Waals surface area contributed by atoms with Crippen LogP contribution in [0.25, 0.3) is 5.65 Å². The highest BCUT2D eigenvalue weighted by Crippen LogP contribution is 2.26. The van der Waals surface area contributed by atoms with Gasteiger partial charge in [-0.2, -0.15) is 0 Å². The van der Waals surface area contributed by atoms with Crippen molar-refractivity contribution in [1.82, 2.24) is 9.38 Å². The zero-order chi connectivity index (χ0) is 16.7. The van der Waals surface area contributed by atoms with Crippen molar-refractivity contribution in [2.45, 2.75) is 6.92 Å². The Morgan fingerprint density at radius 1 is 1.26 bits per heavy atom. The number of nitrogens with zero attached hydrogens (tertiary/aromatic N) is 3. The van der Waals surface area contributed by atoms with Gasteiger partial charge in [0.2, 0.25) is 0 Å². The van der Waals surface area contributed by atoms with Crippen molar-refractivity contribution in [2.24, 2.45) is 0 Å². The number of anilines is 1. The molecule has 0 unspecified atom stereocenters. The Hall–Kier alpha value is -2.24. The number of amides is 1. The van der Waals surface area contributed by atoms with Crippen molar-refractivity contribution >= 4 is 40.4 Å². The highest BCUT2D eigenvalue weighted by atomic mass is 35.5. The summed E-state index contributed by atoms with van der Waals surface area (Å²) >= 11 is 12.2. The van der Waals surface area contributed by atoms with Crippen LogP contribution >= 0.6 is 23.2 Å². The number of phenols is 1. The summed E-state index contributed by atoms with van der Waals surface area (Å²) in [6.07, 6.45) is 1.61. The first kappa shape index (κ1) is 15.6. The first-order valence-electron chi connectivity index (χ1n) is 6.79. The maximum absolute atomic E-state index is 12.9. The Balaban J connectivity index is 2.10. The lowest BCUT2D eigenvalue weighted by atomic mass is 10.2. The maximum atomic E-state index is 12.9. The number of hydrogen-bond acceptors (Lipinski definition) is 3. The van der Waals surface area contributed by atoms with E-state index in [2.05, 4.69) is 4.98 Å². The molecule has 1 N–H and O–H groups in total. The standard InChI is InChI=1S/C16H13Cl2N3O2/c1-9-14(21-8-10(17)7-13(18)15(21)19-9)16(23)20(2)11-3-5-12(22)6-4-11/h3-8,22H,1-2H3. The van der Waals surface area contributed by atoms with Crippen LogP contribution in [0.3, 0.4) is 0 Å². The summed E-state index contributed by atoms with van der Waals surface area (Å²) in [6.45, 7) is 1.75. The lowest BCUT2D eigenvalue weighted by Crippen LogP contribution is -2.28. The number of rotatable bonds is 2. The monoisotopic (exact) mass is 349 g/mol. The molecule has 0 spiro atoms. The molecule has 0 aliphatic carbocycles. The predicted molar refractivity (Wildman–Crippen MR) is 90.8 cm³/mol. The summed E-state index contributed by atoms with van der Waals surface area (Å²) < 4.78 is 1.60. The number of aromatic nitrogens is 2. The molecule has 1 amide bonds.